The lowest BCUT2D eigenvalue weighted by atomic mass is 10.1. The van der Waals surface area contributed by atoms with Crippen LogP contribution in [-0.4, -0.2) is 39.5 Å². The van der Waals surface area contributed by atoms with Crippen LogP contribution in [0.15, 0.2) is 65.6 Å². The molecule has 2 N–H and O–H groups in total. The van der Waals surface area contributed by atoms with Crippen LogP contribution in [0.2, 0.25) is 0 Å². The number of rotatable bonds is 5. The van der Waals surface area contributed by atoms with Crippen molar-refractivity contribution in [2.24, 2.45) is 0 Å². The molecule has 0 spiro atoms. The Morgan fingerprint density at radius 1 is 1.00 bits per heavy atom. The number of hydrogen-bond acceptors (Lipinski definition) is 6. The van der Waals surface area contributed by atoms with Crippen molar-refractivity contribution in [2.75, 3.05) is 35.8 Å². The summed E-state index contributed by atoms with van der Waals surface area (Å²) in [6, 6.07) is 16.8. The second-order valence-electron chi connectivity index (χ2n) is 6.78. The molecule has 3 aromatic carbocycles. The van der Waals surface area contributed by atoms with Crippen LogP contribution in [-0.2, 0) is 10.0 Å². The largest absolute Gasteiger partial charge is 0.363 e. The van der Waals surface area contributed by atoms with Gasteiger partial charge in [0.05, 0.1) is 15.5 Å². The fourth-order valence-corrected chi connectivity index (χ4v) is 4.61. The van der Waals surface area contributed by atoms with Gasteiger partial charge in [0.15, 0.2) is 0 Å². The van der Waals surface area contributed by atoms with Gasteiger partial charge in [0.2, 0.25) is 0 Å². The predicted octanol–water partition coefficient (Wildman–Crippen LogP) is 2.96. The molecule has 8 nitrogen and oxygen atoms in total. The van der Waals surface area contributed by atoms with Crippen LogP contribution in [0.3, 0.4) is 0 Å². The zero-order chi connectivity index (χ0) is 20.4. The highest BCUT2D eigenvalue weighted by molar-refractivity contribution is 7.92. The average molecular weight is 412 g/mol. The van der Waals surface area contributed by atoms with E-state index in [2.05, 4.69) is 10.0 Å². The second kappa shape index (κ2) is 7.69. The molecule has 1 fully saturated rings. The number of hydrogen-bond donors (Lipinski definition) is 2. The molecule has 0 atom stereocenters. The first-order valence-corrected chi connectivity index (χ1v) is 10.7. The minimum absolute atomic E-state index is 0.143. The average Bonchev–Trinajstić information content (AvgIpc) is 2.74. The Hall–Kier alpha value is -3.17. The van der Waals surface area contributed by atoms with Crippen molar-refractivity contribution in [1.29, 1.82) is 0 Å². The van der Waals surface area contributed by atoms with Crippen molar-refractivity contribution in [2.45, 2.75) is 4.90 Å². The van der Waals surface area contributed by atoms with Crippen molar-refractivity contribution >= 4 is 37.9 Å². The number of benzene rings is 3. The number of nitro benzene ring substituents is 1. The summed E-state index contributed by atoms with van der Waals surface area (Å²) < 4.78 is 28.5. The van der Waals surface area contributed by atoms with Gasteiger partial charge < -0.3 is 10.2 Å². The summed E-state index contributed by atoms with van der Waals surface area (Å²) in [5.74, 6) is 0. The van der Waals surface area contributed by atoms with Gasteiger partial charge in [-0.2, -0.15) is 0 Å². The monoisotopic (exact) mass is 412 g/mol. The molecule has 1 aliphatic heterocycles. The van der Waals surface area contributed by atoms with E-state index in [0.29, 0.717) is 24.5 Å². The summed E-state index contributed by atoms with van der Waals surface area (Å²) >= 11 is 0. The van der Waals surface area contributed by atoms with E-state index >= 15 is 0 Å². The number of fused-ring (bicyclic) bond motifs is 1. The van der Waals surface area contributed by atoms with Crippen molar-refractivity contribution < 1.29 is 13.3 Å². The molecule has 3 aromatic rings. The van der Waals surface area contributed by atoms with E-state index < -0.39 is 14.9 Å². The van der Waals surface area contributed by atoms with E-state index in [-0.39, 0.29) is 10.6 Å². The lowest BCUT2D eigenvalue weighted by Crippen LogP contribution is -2.43. The Balaban J connectivity index is 1.71. The zero-order valence-corrected chi connectivity index (χ0v) is 16.4. The topological polar surface area (TPSA) is 105 Å². The van der Waals surface area contributed by atoms with Crippen LogP contribution in [0, 0.1) is 10.1 Å². The van der Waals surface area contributed by atoms with Gasteiger partial charge in [-0.1, -0.05) is 36.4 Å². The first-order valence-electron chi connectivity index (χ1n) is 9.20. The summed E-state index contributed by atoms with van der Waals surface area (Å²) in [7, 11) is -3.99. The third-order valence-electron chi connectivity index (χ3n) is 4.95. The van der Waals surface area contributed by atoms with Gasteiger partial charge in [-0.25, -0.2) is 8.42 Å². The number of sulfonamides is 1. The maximum Gasteiger partial charge on any atom is 0.293 e. The quantitative estimate of drug-likeness (QED) is 0.493. The molecule has 29 heavy (non-hydrogen) atoms. The molecule has 0 saturated carbocycles. The number of nitrogens with one attached hydrogen (secondary N) is 2. The third kappa shape index (κ3) is 3.87. The van der Waals surface area contributed by atoms with E-state index in [0.717, 1.165) is 29.9 Å². The normalized spacial score (nSPS) is 14.7. The van der Waals surface area contributed by atoms with Gasteiger partial charge in [-0.05, 0) is 23.6 Å². The minimum Gasteiger partial charge on any atom is -0.363 e. The van der Waals surface area contributed by atoms with E-state index in [9.17, 15) is 18.5 Å². The lowest BCUT2D eigenvalue weighted by Gasteiger charge is -2.29. The Bertz CT molecular complexity index is 1170. The molecule has 1 heterocycles. The van der Waals surface area contributed by atoms with E-state index in [1.165, 1.54) is 12.1 Å². The summed E-state index contributed by atoms with van der Waals surface area (Å²) in [5.41, 5.74) is 0.644. The molecule has 0 radical (unpaired) electrons. The molecule has 0 unspecified atom stereocenters. The Kier molecular flexibility index (Phi) is 5.08. The molecule has 0 bridgehead atoms. The summed E-state index contributed by atoms with van der Waals surface area (Å²) in [6.07, 6.45) is 0. The van der Waals surface area contributed by atoms with E-state index in [4.69, 9.17) is 0 Å². The highest BCUT2D eigenvalue weighted by atomic mass is 32.2. The van der Waals surface area contributed by atoms with Crippen LogP contribution >= 0.6 is 0 Å². The maximum atomic E-state index is 13.0. The van der Waals surface area contributed by atoms with E-state index in [1.54, 1.807) is 12.1 Å². The summed E-state index contributed by atoms with van der Waals surface area (Å²) in [5, 5.41) is 16.5. The smallest absolute Gasteiger partial charge is 0.293 e. The molecule has 0 amide bonds. The Morgan fingerprint density at radius 2 is 1.72 bits per heavy atom. The van der Waals surface area contributed by atoms with E-state index in [1.807, 2.05) is 35.2 Å². The molecule has 0 aromatic heterocycles. The van der Waals surface area contributed by atoms with Crippen LogP contribution < -0.4 is 14.9 Å². The van der Waals surface area contributed by atoms with Gasteiger partial charge in [0.1, 0.15) is 5.69 Å². The fourth-order valence-electron chi connectivity index (χ4n) is 3.51. The Morgan fingerprint density at radius 3 is 2.48 bits per heavy atom. The molecule has 4 rings (SSSR count). The van der Waals surface area contributed by atoms with Gasteiger partial charge in [-0.3, -0.25) is 14.8 Å². The number of nitro groups is 1. The van der Waals surface area contributed by atoms with Crippen molar-refractivity contribution in [3.8, 4) is 0 Å². The number of piperazine rings is 1. The Labute approximate surface area is 168 Å². The summed E-state index contributed by atoms with van der Waals surface area (Å²) in [6.45, 7) is 2.70. The number of anilines is 2. The molecule has 150 valence electrons. The fraction of sp³-hybridized carbons (Fsp3) is 0.200. The molecule has 1 aliphatic rings. The van der Waals surface area contributed by atoms with Crippen LogP contribution in [0.1, 0.15) is 0 Å². The lowest BCUT2D eigenvalue weighted by molar-refractivity contribution is -0.384. The predicted molar refractivity (Wildman–Crippen MR) is 113 cm³/mol. The maximum absolute atomic E-state index is 13.0. The first-order chi connectivity index (χ1) is 14.0. The highest BCUT2D eigenvalue weighted by Gasteiger charge is 2.25. The van der Waals surface area contributed by atoms with Gasteiger partial charge in [0, 0.05) is 37.6 Å². The third-order valence-corrected chi connectivity index (χ3v) is 6.31. The molecular weight excluding hydrogens is 392 g/mol. The first kappa shape index (κ1) is 19.2. The molecule has 1 saturated heterocycles. The molecular formula is C20H20N4O4S. The van der Waals surface area contributed by atoms with Crippen LogP contribution in [0.25, 0.3) is 10.8 Å². The zero-order valence-electron chi connectivity index (χ0n) is 15.5. The van der Waals surface area contributed by atoms with Crippen LogP contribution in [0.4, 0.5) is 17.1 Å². The second-order valence-corrected chi connectivity index (χ2v) is 8.46. The standard InChI is InChI=1S/C20H20N4O4S/c25-24(26)20-14-16(8-9-19(20)23-12-10-21-11-13-23)29(27,28)22-18-7-3-5-15-4-1-2-6-17(15)18/h1-9,14,21-22H,10-13H2. The van der Waals surface area contributed by atoms with Gasteiger partial charge in [0.25, 0.3) is 15.7 Å². The minimum atomic E-state index is -3.99. The van der Waals surface area contributed by atoms with Crippen molar-refractivity contribution in [1.82, 2.24) is 5.32 Å². The van der Waals surface area contributed by atoms with Gasteiger partial charge in [-0.15, -0.1) is 0 Å². The SMILES string of the molecule is O=[N+]([O-])c1cc(S(=O)(=O)Nc2cccc3ccccc23)ccc1N1CCNCC1. The van der Waals surface area contributed by atoms with Crippen LogP contribution in [0.5, 0.6) is 0 Å². The molecule has 0 aliphatic carbocycles. The molecule has 9 heteroatoms. The van der Waals surface area contributed by atoms with Crippen molar-refractivity contribution in [3.05, 3.63) is 70.8 Å². The summed E-state index contributed by atoms with van der Waals surface area (Å²) in [4.78, 5) is 12.8. The van der Waals surface area contributed by atoms with Crippen molar-refractivity contribution in [3.63, 3.8) is 0 Å². The number of nitrogens with zero attached hydrogens (tertiary/aromatic N) is 2. The highest BCUT2D eigenvalue weighted by Crippen LogP contribution is 2.32. The van der Waals surface area contributed by atoms with Gasteiger partial charge >= 0.3 is 0 Å².